The fourth-order valence-corrected chi connectivity index (χ4v) is 3.26. The molecule has 128 valence electrons. The van der Waals surface area contributed by atoms with Gasteiger partial charge in [0.15, 0.2) is 0 Å². The van der Waals surface area contributed by atoms with E-state index in [0.717, 1.165) is 22.0 Å². The van der Waals surface area contributed by atoms with Gasteiger partial charge < -0.3 is 4.74 Å². The van der Waals surface area contributed by atoms with Crippen molar-refractivity contribution in [1.82, 2.24) is 4.98 Å². The first-order valence-electron chi connectivity index (χ1n) is 7.79. The van der Waals surface area contributed by atoms with Gasteiger partial charge in [-0.25, -0.2) is 4.39 Å². The van der Waals surface area contributed by atoms with Crippen LogP contribution in [0, 0.1) is 12.7 Å². The van der Waals surface area contributed by atoms with Crippen molar-refractivity contribution in [1.29, 1.82) is 0 Å². The van der Waals surface area contributed by atoms with Gasteiger partial charge in [0.1, 0.15) is 11.6 Å². The maximum absolute atomic E-state index is 13.5. The molecule has 0 atom stereocenters. The molecule has 0 bridgehead atoms. The quantitative estimate of drug-likeness (QED) is 0.475. The number of ether oxygens (including phenoxy) is 1. The second-order valence-electron chi connectivity index (χ2n) is 5.60. The fraction of sp³-hybridized carbons (Fsp3) is 0.150. The van der Waals surface area contributed by atoms with Crippen LogP contribution in [0.5, 0.6) is 0 Å². The fourth-order valence-electron chi connectivity index (χ4n) is 2.75. The number of fused-ring (bicyclic) bond motifs is 1. The maximum atomic E-state index is 13.5. The van der Waals surface area contributed by atoms with Crippen LogP contribution in [-0.2, 0) is 4.74 Å². The van der Waals surface area contributed by atoms with E-state index in [2.05, 4.69) is 11.6 Å². The molecule has 5 heteroatoms. The lowest BCUT2D eigenvalue weighted by Gasteiger charge is -2.15. The normalized spacial score (nSPS) is 10.9. The van der Waals surface area contributed by atoms with Crippen LogP contribution in [0.25, 0.3) is 27.8 Å². The molecule has 0 radical (unpaired) electrons. The van der Waals surface area contributed by atoms with Crippen molar-refractivity contribution in [2.45, 2.75) is 13.8 Å². The van der Waals surface area contributed by atoms with Crippen molar-refractivity contribution < 1.29 is 9.13 Å². The van der Waals surface area contributed by atoms with E-state index in [4.69, 9.17) is 27.9 Å². The molecule has 2 aromatic carbocycles. The van der Waals surface area contributed by atoms with E-state index < -0.39 is 5.82 Å². The largest absolute Gasteiger partial charge is 0.494 e. The first-order valence-corrected chi connectivity index (χ1v) is 8.55. The van der Waals surface area contributed by atoms with Crippen molar-refractivity contribution >= 4 is 39.9 Å². The number of nitrogens with zero attached hydrogens (tertiary/aromatic N) is 1. The molecule has 0 saturated heterocycles. The first-order chi connectivity index (χ1) is 11.9. The van der Waals surface area contributed by atoms with Gasteiger partial charge in [0, 0.05) is 22.1 Å². The number of aryl methyl sites for hydroxylation is 1. The van der Waals surface area contributed by atoms with E-state index in [1.54, 1.807) is 6.07 Å². The highest BCUT2D eigenvalue weighted by Crippen LogP contribution is 2.40. The van der Waals surface area contributed by atoms with Gasteiger partial charge in [-0.05, 0) is 50.2 Å². The number of hydrogen-bond acceptors (Lipinski definition) is 2. The van der Waals surface area contributed by atoms with Crippen LogP contribution in [0.15, 0.2) is 43.0 Å². The summed E-state index contributed by atoms with van der Waals surface area (Å²) >= 11 is 12.8. The molecule has 0 aliphatic heterocycles. The Morgan fingerprint density at radius 1 is 1.20 bits per heavy atom. The lowest BCUT2D eigenvalue weighted by molar-refractivity contribution is 0.299. The zero-order chi connectivity index (χ0) is 18.1. The average Bonchev–Trinajstić information content (AvgIpc) is 2.57. The summed E-state index contributed by atoms with van der Waals surface area (Å²) in [7, 11) is 0. The third-order valence-corrected chi connectivity index (χ3v) is 4.71. The molecule has 0 unspecified atom stereocenters. The van der Waals surface area contributed by atoms with E-state index in [0.29, 0.717) is 33.7 Å². The number of halogens is 3. The molecule has 25 heavy (non-hydrogen) atoms. The summed E-state index contributed by atoms with van der Waals surface area (Å²) in [5.41, 5.74) is 3.66. The van der Waals surface area contributed by atoms with Crippen LogP contribution in [0.3, 0.4) is 0 Å². The van der Waals surface area contributed by atoms with E-state index in [-0.39, 0.29) is 0 Å². The van der Waals surface area contributed by atoms with Gasteiger partial charge in [0.05, 0.1) is 27.9 Å². The predicted molar refractivity (Wildman–Crippen MR) is 103 cm³/mol. The molecule has 1 heterocycles. The monoisotopic (exact) mass is 375 g/mol. The van der Waals surface area contributed by atoms with Gasteiger partial charge in [-0.2, -0.15) is 0 Å². The summed E-state index contributed by atoms with van der Waals surface area (Å²) in [6.45, 7) is 8.20. The molecule has 0 spiro atoms. The number of pyridine rings is 1. The number of hydrogen-bond donors (Lipinski definition) is 0. The molecular formula is C20H16Cl2FNO. The van der Waals surface area contributed by atoms with Gasteiger partial charge in [-0.3, -0.25) is 4.98 Å². The van der Waals surface area contributed by atoms with E-state index in [1.807, 2.05) is 32.0 Å². The van der Waals surface area contributed by atoms with Gasteiger partial charge in [-0.1, -0.05) is 29.8 Å². The minimum absolute atomic E-state index is 0.294. The number of benzene rings is 2. The molecule has 2 nitrogen and oxygen atoms in total. The van der Waals surface area contributed by atoms with Crippen LogP contribution in [0.4, 0.5) is 4.39 Å². The summed E-state index contributed by atoms with van der Waals surface area (Å²) in [5.74, 6) is 0.169. The Bertz CT molecular complexity index is 985. The Balaban J connectivity index is 2.33. The van der Waals surface area contributed by atoms with Crippen molar-refractivity contribution in [3.63, 3.8) is 0 Å². The van der Waals surface area contributed by atoms with Gasteiger partial charge in [0.2, 0.25) is 0 Å². The van der Waals surface area contributed by atoms with Crippen molar-refractivity contribution in [2.24, 2.45) is 0 Å². The third-order valence-electron chi connectivity index (χ3n) is 3.93. The predicted octanol–water partition coefficient (Wildman–Crippen LogP) is 6.66. The number of rotatable bonds is 4. The Hall–Kier alpha value is -2.10. The molecule has 3 aromatic rings. The van der Waals surface area contributed by atoms with Crippen molar-refractivity contribution in [3.8, 4) is 11.1 Å². The van der Waals surface area contributed by atoms with Crippen LogP contribution in [-0.4, -0.2) is 11.6 Å². The van der Waals surface area contributed by atoms with Crippen molar-refractivity contribution in [2.75, 3.05) is 6.61 Å². The molecule has 0 saturated carbocycles. The second kappa shape index (κ2) is 7.03. The highest BCUT2D eigenvalue weighted by Gasteiger charge is 2.17. The maximum Gasteiger partial charge on any atom is 0.124 e. The molecule has 3 rings (SSSR count). The smallest absolute Gasteiger partial charge is 0.124 e. The minimum atomic E-state index is -0.398. The Morgan fingerprint density at radius 2 is 1.96 bits per heavy atom. The summed E-state index contributed by atoms with van der Waals surface area (Å²) in [5, 5.41) is 1.59. The van der Waals surface area contributed by atoms with E-state index in [1.165, 1.54) is 12.1 Å². The third kappa shape index (κ3) is 3.35. The van der Waals surface area contributed by atoms with Crippen molar-refractivity contribution in [3.05, 3.63) is 70.1 Å². The van der Waals surface area contributed by atoms with E-state index >= 15 is 0 Å². The van der Waals surface area contributed by atoms with E-state index in [9.17, 15) is 4.39 Å². The Labute approximate surface area is 155 Å². The zero-order valence-electron chi connectivity index (χ0n) is 13.9. The second-order valence-corrected chi connectivity index (χ2v) is 6.38. The van der Waals surface area contributed by atoms with Crippen LogP contribution >= 0.6 is 23.2 Å². The molecule has 0 fully saturated rings. The summed E-state index contributed by atoms with van der Waals surface area (Å²) in [4.78, 5) is 4.54. The molecule has 0 aliphatic rings. The molecular weight excluding hydrogens is 360 g/mol. The van der Waals surface area contributed by atoms with Gasteiger partial charge in [-0.15, -0.1) is 0 Å². The number of aromatic nitrogens is 1. The van der Waals surface area contributed by atoms with Crippen LogP contribution in [0.2, 0.25) is 10.0 Å². The van der Waals surface area contributed by atoms with Gasteiger partial charge in [0.25, 0.3) is 0 Å². The molecule has 0 amide bonds. The molecule has 0 aliphatic carbocycles. The summed E-state index contributed by atoms with van der Waals surface area (Å²) in [6.07, 6.45) is 0. The Kier molecular flexibility index (Phi) is 4.98. The Morgan fingerprint density at radius 3 is 2.64 bits per heavy atom. The summed E-state index contributed by atoms with van der Waals surface area (Å²) < 4.78 is 18.9. The van der Waals surface area contributed by atoms with Gasteiger partial charge >= 0.3 is 0 Å². The summed E-state index contributed by atoms with van der Waals surface area (Å²) in [6, 6.07) is 9.97. The SMILES string of the molecule is C=C(OCC)c1ccc2nc(C)c(Cl)c(-c3ccc(F)cc3Cl)c2c1. The highest BCUT2D eigenvalue weighted by molar-refractivity contribution is 6.38. The molecule has 0 N–H and O–H groups in total. The molecule has 1 aromatic heterocycles. The minimum Gasteiger partial charge on any atom is -0.494 e. The van der Waals surface area contributed by atoms with Crippen LogP contribution < -0.4 is 0 Å². The van der Waals surface area contributed by atoms with Crippen LogP contribution in [0.1, 0.15) is 18.2 Å². The highest BCUT2D eigenvalue weighted by atomic mass is 35.5. The average molecular weight is 376 g/mol. The lowest BCUT2D eigenvalue weighted by Crippen LogP contribution is -1.95. The zero-order valence-corrected chi connectivity index (χ0v) is 15.4. The first kappa shape index (κ1) is 17.7. The lowest BCUT2D eigenvalue weighted by atomic mass is 9.98. The topological polar surface area (TPSA) is 22.1 Å². The standard InChI is InChI=1S/C20H16Cl2FNO/c1-4-25-12(3)13-5-8-18-16(9-13)19(20(22)11(2)24-18)15-7-6-14(23)10-17(15)21/h5-10H,3-4H2,1-2H3.